The summed E-state index contributed by atoms with van der Waals surface area (Å²) in [6.45, 7) is 0.575. The number of rotatable bonds is 5. The fourth-order valence-electron chi connectivity index (χ4n) is 3.26. The van der Waals surface area contributed by atoms with Crippen molar-refractivity contribution >= 4 is 17.1 Å². The molecule has 1 aliphatic rings. The van der Waals surface area contributed by atoms with Gasteiger partial charge in [-0.05, 0) is 47.5 Å². The number of para-hydroxylation sites is 1. The largest absolute Gasteiger partial charge is 0.489 e. The summed E-state index contributed by atoms with van der Waals surface area (Å²) in [6, 6.07) is 19.7. The van der Waals surface area contributed by atoms with E-state index in [0.29, 0.717) is 34.6 Å². The summed E-state index contributed by atoms with van der Waals surface area (Å²) in [5.74, 6) is 2.05. The van der Waals surface area contributed by atoms with Crippen LogP contribution in [-0.2, 0) is 6.61 Å². The molecule has 1 aliphatic heterocycles. The van der Waals surface area contributed by atoms with Gasteiger partial charge in [-0.1, -0.05) is 30.3 Å². The van der Waals surface area contributed by atoms with Crippen LogP contribution in [0, 0.1) is 0 Å². The van der Waals surface area contributed by atoms with Crippen molar-refractivity contribution in [3.05, 3.63) is 98.7 Å². The number of fused-ring (bicyclic) bond motifs is 2. The molecule has 8 heteroatoms. The molecule has 5 rings (SSSR count). The monoisotopic (exact) mass is 415 g/mol. The molecule has 0 saturated heterocycles. The molecule has 8 nitrogen and oxygen atoms in total. The number of nitrogens with zero attached hydrogens (tertiary/aromatic N) is 2. The van der Waals surface area contributed by atoms with Crippen LogP contribution in [0.2, 0.25) is 0 Å². The number of aromatic amines is 1. The van der Waals surface area contributed by atoms with Crippen LogP contribution in [0.1, 0.15) is 11.1 Å². The number of nitrogens with one attached hydrogen (secondary N) is 1. The SMILES string of the molecule is O=c1[nH]c2ccccc2c(=O)n1N=Cc1cccc(OCc2ccc3c(c2)OCO3)c1. The molecular formula is C23H17N3O5. The predicted molar refractivity (Wildman–Crippen MR) is 115 cm³/mol. The molecule has 0 aliphatic carbocycles. The van der Waals surface area contributed by atoms with Gasteiger partial charge in [-0.15, -0.1) is 4.68 Å². The van der Waals surface area contributed by atoms with E-state index in [9.17, 15) is 9.59 Å². The Morgan fingerprint density at radius 1 is 1.00 bits per heavy atom. The Hall–Kier alpha value is -4.33. The molecule has 1 aromatic heterocycles. The van der Waals surface area contributed by atoms with Crippen molar-refractivity contribution < 1.29 is 14.2 Å². The molecule has 3 aromatic carbocycles. The van der Waals surface area contributed by atoms with Crippen LogP contribution in [0.4, 0.5) is 0 Å². The highest BCUT2D eigenvalue weighted by atomic mass is 16.7. The Balaban J connectivity index is 1.35. The van der Waals surface area contributed by atoms with Gasteiger partial charge in [0, 0.05) is 0 Å². The quantitative estimate of drug-likeness (QED) is 0.506. The van der Waals surface area contributed by atoms with Crippen LogP contribution in [0.15, 0.2) is 81.4 Å². The number of benzene rings is 3. The van der Waals surface area contributed by atoms with Gasteiger partial charge in [0.15, 0.2) is 11.5 Å². The van der Waals surface area contributed by atoms with Crippen molar-refractivity contribution in [2.24, 2.45) is 5.10 Å². The molecule has 4 aromatic rings. The van der Waals surface area contributed by atoms with Crippen molar-refractivity contribution in [1.29, 1.82) is 0 Å². The zero-order chi connectivity index (χ0) is 21.2. The third-order valence-electron chi connectivity index (χ3n) is 4.81. The first-order valence-electron chi connectivity index (χ1n) is 9.57. The van der Waals surface area contributed by atoms with Gasteiger partial charge in [0.2, 0.25) is 6.79 Å². The van der Waals surface area contributed by atoms with E-state index in [-0.39, 0.29) is 6.79 Å². The van der Waals surface area contributed by atoms with E-state index in [2.05, 4.69) is 10.1 Å². The maximum Gasteiger partial charge on any atom is 0.349 e. The van der Waals surface area contributed by atoms with E-state index in [4.69, 9.17) is 14.2 Å². The van der Waals surface area contributed by atoms with E-state index in [1.54, 1.807) is 36.4 Å². The van der Waals surface area contributed by atoms with Gasteiger partial charge in [0.25, 0.3) is 5.56 Å². The second-order valence-corrected chi connectivity index (χ2v) is 6.89. The fourth-order valence-corrected chi connectivity index (χ4v) is 3.26. The Kier molecular flexibility index (Phi) is 4.72. The molecule has 0 bridgehead atoms. The molecule has 1 N–H and O–H groups in total. The summed E-state index contributed by atoms with van der Waals surface area (Å²) < 4.78 is 17.4. The molecule has 0 atom stereocenters. The average Bonchev–Trinajstić information content (AvgIpc) is 3.26. The lowest BCUT2D eigenvalue weighted by atomic mass is 10.2. The first-order chi connectivity index (χ1) is 15.2. The van der Waals surface area contributed by atoms with Crippen molar-refractivity contribution in [2.75, 3.05) is 6.79 Å². The van der Waals surface area contributed by atoms with Gasteiger partial charge in [-0.25, -0.2) is 4.79 Å². The standard InChI is InChI=1S/C23H17N3O5/c27-22-18-6-1-2-7-19(18)25-23(28)26(22)24-12-15-4-3-5-17(10-15)29-13-16-8-9-20-21(11-16)31-14-30-20/h1-12H,13-14H2,(H,25,28). The number of hydrogen-bond donors (Lipinski definition) is 1. The van der Waals surface area contributed by atoms with Crippen molar-refractivity contribution in [3.63, 3.8) is 0 Å². The Bertz CT molecular complexity index is 1420. The molecule has 0 unspecified atom stereocenters. The highest BCUT2D eigenvalue weighted by Gasteiger charge is 2.13. The van der Waals surface area contributed by atoms with Gasteiger partial charge in [0.1, 0.15) is 12.4 Å². The Labute approximate surface area is 175 Å². The van der Waals surface area contributed by atoms with Crippen LogP contribution < -0.4 is 25.5 Å². The first kappa shape index (κ1) is 18.7. The highest BCUT2D eigenvalue weighted by Crippen LogP contribution is 2.32. The lowest BCUT2D eigenvalue weighted by Crippen LogP contribution is -2.32. The van der Waals surface area contributed by atoms with Gasteiger partial charge >= 0.3 is 5.69 Å². The maximum atomic E-state index is 12.6. The Morgan fingerprint density at radius 3 is 2.81 bits per heavy atom. The van der Waals surface area contributed by atoms with Crippen LogP contribution in [0.5, 0.6) is 17.2 Å². The summed E-state index contributed by atoms with van der Waals surface area (Å²) >= 11 is 0. The molecule has 0 fully saturated rings. The molecular weight excluding hydrogens is 398 g/mol. The number of H-pyrrole nitrogens is 1. The normalized spacial score (nSPS) is 12.5. The van der Waals surface area contributed by atoms with Crippen molar-refractivity contribution in [2.45, 2.75) is 6.61 Å². The van der Waals surface area contributed by atoms with Gasteiger partial charge in [0.05, 0.1) is 17.1 Å². The highest BCUT2D eigenvalue weighted by molar-refractivity contribution is 5.80. The minimum Gasteiger partial charge on any atom is -0.489 e. The minimum atomic E-state index is -0.602. The van der Waals surface area contributed by atoms with Crippen molar-refractivity contribution in [1.82, 2.24) is 9.66 Å². The zero-order valence-corrected chi connectivity index (χ0v) is 16.3. The van der Waals surface area contributed by atoms with Gasteiger partial charge in [-0.2, -0.15) is 5.10 Å². The molecule has 0 radical (unpaired) electrons. The smallest absolute Gasteiger partial charge is 0.349 e. The number of hydrogen-bond acceptors (Lipinski definition) is 6. The Morgan fingerprint density at radius 2 is 1.87 bits per heavy atom. The summed E-state index contributed by atoms with van der Waals surface area (Å²) in [5, 5.41) is 4.46. The number of aromatic nitrogens is 2. The van der Waals surface area contributed by atoms with Crippen LogP contribution in [0.3, 0.4) is 0 Å². The van der Waals surface area contributed by atoms with E-state index in [1.807, 2.05) is 30.3 Å². The van der Waals surface area contributed by atoms with Crippen LogP contribution >= 0.6 is 0 Å². The third kappa shape index (κ3) is 3.78. The van der Waals surface area contributed by atoms with Gasteiger partial charge in [-0.3, -0.25) is 4.79 Å². The minimum absolute atomic E-state index is 0.226. The summed E-state index contributed by atoms with van der Waals surface area (Å²) in [6.07, 6.45) is 1.44. The third-order valence-corrected chi connectivity index (χ3v) is 4.81. The summed E-state index contributed by atoms with van der Waals surface area (Å²) in [4.78, 5) is 27.4. The van der Waals surface area contributed by atoms with Crippen LogP contribution in [-0.4, -0.2) is 22.7 Å². The van der Waals surface area contributed by atoms with Crippen LogP contribution in [0.25, 0.3) is 10.9 Å². The second-order valence-electron chi connectivity index (χ2n) is 6.89. The van der Waals surface area contributed by atoms with Crippen molar-refractivity contribution in [3.8, 4) is 17.2 Å². The summed E-state index contributed by atoms with van der Waals surface area (Å²) in [7, 11) is 0. The lowest BCUT2D eigenvalue weighted by Gasteiger charge is -2.07. The molecule has 0 amide bonds. The lowest BCUT2D eigenvalue weighted by molar-refractivity contribution is 0.174. The molecule has 0 saturated carbocycles. The molecule has 0 spiro atoms. The van der Waals surface area contributed by atoms with E-state index in [1.165, 1.54) is 6.21 Å². The topological polar surface area (TPSA) is 94.9 Å². The predicted octanol–water partition coefficient (Wildman–Crippen LogP) is 2.88. The first-order valence-corrected chi connectivity index (χ1v) is 9.57. The van der Waals surface area contributed by atoms with E-state index >= 15 is 0 Å². The van der Waals surface area contributed by atoms with Gasteiger partial charge < -0.3 is 19.2 Å². The van der Waals surface area contributed by atoms with E-state index < -0.39 is 11.2 Å². The second kappa shape index (κ2) is 7.83. The average molecular weight is 415 g/mol. The maximum absolute atomic E-state index is 12.6. The summed E-state index contributed by atoms with van der Waals surface area (Å²) in [5.41, 5.74) is 1.02. The fraction of sp³-hybridized carbons (Fsp3) is 0.0870. The molecule has 154 valence electrons. The number of ether oxygens (including phenoxy) is 3. The molecule has 31 heavy (non-hydrogen) atoms. The molecule has 2 heterocycles. The van der Waals surface area contributed by atoms with E-state index in [0.717, 1.165) is 16.0 Å². The zero-order valence-electron chi connectivity index (χ0n) is 16.3.